The lowest BCUT2D eigenvalue weighted by molar-refractivity contribution is 0.0724. The number of amides is 1. The molecule has 4 rings (SSSR count). The lowest BCUT2D eigenvalue weighted by Crippen LogP contribution is -2.33. The monoisotopic (exact) mass is 398 g/mol. The van der Waals surface area contributed by atoms with Crippen molar-refractivity contribution < 1.29 is 9.18 Å². The molecule has 0 spiro atoms. The second-order valence-electron chi connectivity index (χ2n) is 7.13. The highest BCUT2D eigenvalue weighted by atomic mass is 35.5. The predicted molar refractivity (Wildman–Crippen MR) is 105 cm³/mol. The fourth-order valence-corrected chi connectivity index (χ4v) is 3.42. The van der Waals surface area contributed by atoms with Crippen LogP contribution < -0.4 is 0 Å². The molecule has 3 aromatic rings. The molecule has 2 heterocycles. The van der Waals surface area contributed by atoms with E-state index in [0.29, 0.717) is 17.4 Å². The molecule has 2 aromatic heterocycles. The Balaban J connectivity index is 1.66. The van der Waals surface area contributed by atoms with E-state index in [1.165, 1.54) is 12.1 Å². The Bertz CT molecular complexity index is 1030. The van der Waals surface area contributed by atoms with E-state index in [9.17, 15) is 9.18 Å². The highest BCUT2D eigenvalue weighted by molar-refractivity contribution is 6.33. The van der Waals surface area contributed by atoms with Crippen LogP contribution in [0, 0.1) is 19.7 Å². The molecule has 0 saturated heterocycles. The minimum atomic E-state index is -0.296. The summed E-state index contributed by atoms with van der Waals surface area (Å²) in [7, 11) is 0. The van der Waals surface area contributed by atoms with Crippen LogP contribution in [-0.4, -0.2) is 31.6 Å². The van der Waals surface area contributed by atoms with Gasteiger partial charge in [0, 0.05) is 18.3 Å². The number of aryl methyl sites for hydroxylation is 2. The van der Waals surface area contributed by atoms with Crippen molar-refractivity contribution in [1.29, 1.82) is 0 Å². The summed E-state index contributed by atoms with van der Waals surface area (Å²) in [5, 5.41) is 4.74. The maximum atomic E-state index is 13.3. The molecule has 1 saturated carbocycles. The van der Waals surface area contributed by atoms with E-state index in [0.717, 1.165) is 29.8 Å². The van der Waals surface area contributed by atoms with Gasteiger partial charge in [0.05, 0.1) is 10.7 Å². The Morgan fingerprint density at radius 1 is 1.21 bits per heavy atom. The minimum Gasteiger partial charge on any atom is -0.330 e. The molecule has 1 aliphatic rings. The zero-order valence-corrected chi connectivity index (χ0v) is 16.4. The average molecular weight is 399 g/mol. The van der Waals surface area contributed by atoms with Gasteiger partial charge in [-0.1, -0.05) is 23.7 Å². The van der Waals surface area contributed by atoms with Gasteiger partial charge >= 0.3 is 0 Å². The number of hydrogen-bond acceptors (Lipinski definition) is 3. The van der Waals surface area contributed by atoms with Gasteiger partial charge in [-0.05, 0) is 62.6 Å². The molecule has 0 radical (unpaired) electrons. The minimum absolute atomic E-state index is 0.160. The molecule has 7 heteroatoms. The molecule has 1 aromatic carbocycles. The van der Waals surface area contributed by atoms with Crippen molar-refractivity contribution in [1.82, 2.24) is 19.7 Å². The zero-order chi connectivity index (χ0) is 19.8. The molecule has 5 nitrogen and oxygen atoms in total. The van der Waals surface area contributed by atoms with Gasteiger partial charge in [-0.3, -0.25) is 4.79 Å². The Kier molecular flexibility index (Phi) is 4.89. The first-order valence-electron chi connectivity index (χ1n) is 9.18. The van der Waals surface area contributed by atoms with Crippen molar-refractivity contribution in [3.05, 3.63) is 75.9 Å². The van der Waals surface area contributed by atoms with Crippen LogP contribution in [0.5, 0.6) is 0 Å². The largest absolute Gasteiger partial charge is 0.330 e. The number of rotatable bonds is 5. The molecule has 28 heavy (non-hydrogen) atoms. The van der Waals surface area contributed by atoms with Crippen LogP contribution in [0.15, 0.2) is 42.5 Å². The van der Waals surface area contributed by atoms with E-state index < -0.39 is 0 Å². The van der Waals surface area contributed by atoms with Crippen molar-refractivity contribution in [2.45, 2.75) is 39.3 Å². The summed E-state index contributed by atoms with van der Waals surface area (Å²) in [4.78, 5) is 19.6. The number of halogens is 2. The van der Waals surface area contributed by atoms with Gasteiger partial charge in [0.1, 0.15) is 11.5 Å². The van der Waals surface area contributed by atoms with Gasteiger partial charge < -0.3 is 4.90 Å². The number of aromatic nitrogens is 3. The number of pyridine rings is 1. The van der Waals surface area contributed by atoms with Crippen molar-refractivity contribution in [2.75, 3.05) is 0 Å². The summed E-state index contributed by atoms with van der Waals surface area (Å²) in [6.45, 7) is 4.23. The Labute approximate surface area is 167 Å². The number of nitrogens with zero attached hydrogens (tertiary/aromatic N) is 4. The smallest absolute Gasteiger partial charge is 0.274 e. The van der Waals surface area contributed by atoms with Crippen LogP contribution in [0.4, 0.5) is 4.39 Å². The highest BCUT2D eigenvalue weighted by Crippen LogP contribution is 2.31. The first kappa shape index (κ1) is 18.6. The van der Waals surface area contributed by atoms with Gasteiger partial charge in [0.15, 0.2) is 5.82 Å². The summed E-state index contributed by atoms with van der Waals surface area (Å²) in [6.07, 6.45) is 1.89. The molecule has 1 aliphatic carbocycles. The van der Waals surface area contributed by atoms with Crippen molar-refractivity contribution >= 4 is 17.5 Å². The van der Waals surface area contributed by atoms with Crippen LogP contribution in [0.1, 0.15) is 40.3 Å². The molecule has 1 fully saturated rings. The van der Waals surface area contributed by atoms with Crippen molar-refractivity contribution in [3.8, 4) is 5.82 Å². The van der Waals surface area contributed by atoms with Gasteiger partial charge in [-0.2, -0.15) is 5.10 Å². The lowest BCUT2D eigenvalue weighted by atomic mass is 10.2. The lowest BCUT2D eigenvalue weighted by Gasteiger charge is -2.23. The summed E-state index contributed by atoms with van der Waals surface area (Å²) < 4.78 is 14.9. The number of carbonyl (C=O) groups excluding carboxylic acids is 1. The summed E-state index contributed by atoms with van der Waals surface area (Å²) >= 11 is 6.33. The topological polar surface area (TPSA) is 51.0 Å². The zero-order valence-electron chi connectivity index (χ0n) is 15.7. The normalized spacial score (nSPS) is 13.6. The fraction of sp³-hybridized carbons (Fsp3) is 0.286. The maximum absolute atomic E-state index is 13.3. The van der Waals surface area contributed by atoms with Crippen molar-refractivity contribution in [2.24, 2.45) is 0 Å². The first-order chi connectivity index (χ1) is 13.4. The van der Waals surface area contributed by atoms with Gasteiger partial charge in [-0.15, -0.1) is 0 Å². The molecule has 0 bridgehead atoms. The van der Waals surface area contributed by atoms with Crippen LogP contribution in [0.3, 0.4) is 0 Å². The van der Waals surface area contributed by atoms with Gasteiger partial charge in [0.2, 0.25) is 0 Å². The Morgan fingerprint density at radius 2 is 1.93 bits per heavy atom. The van der Waals surface area contributed by atoms with Crippen LogP contribution >= 0.6 is 11.6 Å². The van der Waals surface area contributed by atoms with E-state index in [1.54, 1.807) is 33.8 Å². The fourth-order valence-electron chi connectivity index (χ4n) is 3.24. The molecule has 144 valence electrons. The van der Waals surface area contributed by atoms with Crippen LogP contribution in [0.2, 0.25) is 5.02 Å². The van der Waals surface area contributed by atoms with Crippen LogP contribution in [0.25, 0.3) is 5.82 Å². The van der Waals surface area contributed by atoms with Gasteiger partial charge in [0.25, 0.3) is 5.91 Å². The number of hydrogen-bond donors (Lipinski definition) is 0. The van der Waals surface area contributed by atoms with E-state index in [4.69, 9.17) is 11.6 Å². The van der Waals surface area contributed by atoms with E-state index in [-0.39, 0.29) is 23.5 Å². The van der Waals surface area contributed by atoms with Crippen molar-refractivity contribution in [3.63, 3.8) is 0 Å². The summed E-state index contributed by atoms with van der Waals surface area (Å²) in [5.41, 5.74) is 2.88. The Hall–Kier alpha value is -2.73. The van der Waals surface area contributed by atoms with Gasteiger partial charge in [-0.25, -0.2) is 14.1 Å². The molecule has 0 N–H and O–H groups in total. The number of carbonyl (C=O) groups is 1. The third kappa shape index (κ3) is 3.78. The third-order valence-electron chi connectivity index (χ3n) is 4.78. The van der Waals surface area contributed by atoms with E-state index >= 15 is 0 Å². The van der Waals surface area contributed by atoms with E-state index in [2.05, 4.69) is 10.1 Å². The molecule has 0 aliphatic heterocycles. The molecule has 1 amide bonds. The predicted octanol–water partition coefficient (Wildman–Crippen LogP) is 4.48. The third-order valence-corrected chi connectivity index (χ3v) is 5.08. The maximum Gasteiger partial charge on any atom is 0.274 e. The summed E-state index contributed by atoms with van der Waals surface area (Å²) in [6, 6.07) is 11.7. The molecular formula is C21H20ClFN4O. The average Bonchev–Trinajstić information content (AvgIpc) is 3.45. The molecule has 0 atom stereocenters. The first-order valence-corrected chi connectivity index (χ1v) is 9.56. The second-order valence-corrected chi connectivity index (χ2v) is 7.54. The molecule has 0 unspecified atom stereocenters. The van der Waals surface area contributed by atoms with Crippen LogP contribution in [-0.2, 0) is 6.54 Å². The second kappa shape index (κ2) is 7.36. The SMILES string of the molecule is Cc1cc(C)n(-c2ccc(Cl)c(C(=O)N(Cc3ccc(F)cc3)C3CC3)n2)n1. The standard InChI is InChI=1S/C21H20ClFN4O/c1-13-11-14(2)27(25-13)19-10-9-18(22)20(24-19)21(28)26(17-7-8-17)12-15-3-5-16(23)6-4-15/h3-6,9-11,17H,7-8,12H2,1-2H3. The quantitative estimate of drug-likeness (QED) is 0.636. The van der Waals surface area contributed by atoms with E-state index in [1.807, 2.05) is 19.9 Å². The number of benzene rings is 1. The molecular weight excluding hydrogens is 379 g/mol. The Morgan fingerprint density at radius 3 is 2.54 bits per heavy atom. The summed E-state index contributed by atoms with van der Waals surface area (Å²) in [5.74, 6) is 0.0337. The highest BCUT2D eigenvalue weighted by Gasteiger charge is 2.34.